The van der Waals surface area contributed by atoms with Crippen molar-refractivity contribution >= 4 is 5.82 Å². The lowest BCUT2D eigenvalue weighted by Gasteiger charge is -2.09. The van der Waals surface area contributed by atoms with Crippen LogP contribution in [0, 0.1) is 5.92 Å². The zero-order valence-corrected chi connectivity index (χ0v) is 8.93. The average molecular weight is 210 g/mol. The maximum absolute atomic E-state index is 5.59. The number of hydrogen-bond donors (Lipinski definition) is 1. The second kappa shape index (κ2) is 5.11. The van der Waals surface area contributed by atoms with Gasteiger partial charge in [0.1, 0.15) is 0 Å². The Morgan fingerprint density at radius 3 is 2.93 bits per heavy atom. The predicted molar refractivity (Wildman–Crippen MR) is 57.2 cm³/mol. The summed E-state index contributed by atoms with van der Waals surface area (Å²) in [6, 6.07) is 0. The maximum atomic E-state index is 5.59. The summed E-state index contributed by atoms with van der Waals surface area (Å²) in [6.07, 6.45) is 6.94. The molecule has 1 saturated carbocycles. The van der Waals surface area contributed by atoms with E-state index in [4.69, 9.17) is 10.5 Å². The van der Waals surface area contributed by atoms with Crippen molar-refractivity contribution in [2.75, 3.05) is 18.9 Å². The van der Waals surface area contributed by atoms with Crippen LogP contribution in [0.5, 0.6) is 0 Å². The summed E-state index contributed by atoms with van der Waals surface area (Å²) in [5.41, 5.74) is 5.45. The number of aromatic nitrogens is 3. The first kappa shape index (κ1) is 10.4. The number of rotatable bonds is 5. The predicted octanol–water partition coefficient (Wildman–Crippen LogP) is 1.07. The fourth-order valence-electron chi connectivity index (χ4n) is 1.99. The molecule has 0 atom stereocenters. The Balaban J connectivity index is 1.58. The molecule has 1 aliphatic rings. The molecule has 1 fully saturated rings. The zero-order valence-electron chi connectivity index (χ0n) is 8.93. The lowest BCUT2D eigenvalue weighted by Crippen LogP contribution is -2.12. The molecule has 84 valence electrons. The van der Waals surface area contributed by atoms with Crippen LogP contribution in [0.1, 0.15) is 25.7 Å². The Morgan fingerprint density at radius 1 is 1.47 bits per heavy atom. The van der Waals surface area contributed by atoms with Crippen molar-refractivity contribution < 1.29 is 4.74 Å². The third-order valence-electron chi connectivity index (χ3n) is 2.82. The van der Waals surface area contributed by atoms with Crippen LogP contribution < -0.4 is 5.73 Å². The largest absolute Gasteiger partial charge is 0.381 e. The summed E-state index contributed by atoms with van der Waals surface area (Å²) in [4.78, 5) is 1.57. The molecule has 15 heavy (non-hydrogen) atoms. The molecule has 1 heterocycles. The smallest absolute Gasteiger partial charge is 0.165 e. The van der Waals surface area contributed by atoms with Crippen molar-refractivity contribution in [2.24, 2.45) is 5.92 Å². The summed E-state index contributed by atoms with van der Waals surface area (Å²) < 4.78 is 5.59. The number of nitrogens with zero attached hydrogens (tertiary/aromatic N) is 3. The second-order valence-electron chi connectivity index (χ2n) is 4.09. The molecule has 2 rings (SSSR count). The quantitative estimate of drug-likeness (QED) is 0.738. The first-order chi connectivity index (χ1) is 7.34. The number of nitrogen functional groups attached to an aromatic ring is 1. The van der Waals surface area contributed by atoms with Crippen molar-refractivity contribution in [3.63, 3.8) is 0 Å². The van der Waals surface area contributed by atoms with Gasteiger partial charge in [0.2, 0.25) is 0 Å². The molecule has 0 aliphatic heterocycles. The molecule has 1 aromatic rings. The third-order valence-corrected chi connectivity index (χ3v) is 2.82. The average Bonchev–Trinajstić information content (AvgIpc) is 2.84. The van der Waals surface area contributed by atoms with Crippen LogP contribution in [0.4, 0.5) is 5.82 Å². The van der Waals surface area contributed by atoms with Crippen LogP contribution in [0.3, 0.4) is 0 Å². The van der Waals surface area contributed by atoms with Crippen LogP contribution in [-0.2, 0) is 11.3 Å². The van der Waals surface area contributed by atoms with Gasteiger partial charge in [-0.1, -0.05) is 12.8 Å². The minimum Gasteiger partial charge on any atom is -0.381 e. The molecule has 0 aromatic carbocycles. The molecule has 0 saturated heterocycles. The van der Waals surface area contributed by atoms with Crippen LogP contribution in [0.2, 0.25) is 0 Å². The first-order valence-corrected chi connectivity index (χ1v) is 5.58. The normalized spacial score (nSPS) is 17.3. The molecule has 5 heteroatoms. The second-order valence-corrected chi connectivity index (χ2v) is 4.09. The molecule has 0 bridgehead atoms. The molecule has 0 amide bonds. The topological polar surface area (TPSA) is 66.0 Å². The third kappa shape index (κ3) is 3.20. The molecule has 1 aliphatic carbocycles. The minimum atomic E-state index is 0.464. The molecular weight excluding hydrogens is 192 g/mol. The lowest BCUT2D eigenvalue weighted by molar-refractivity contribution is 0.0906. The number of nitrogens with two attached hydrogens (primary N) is 1. The molecule has 0 spiro atoms. The van der Waals surface area contributed by atoms with E-state index in [-0.39, 0.29) is 0 Å². The van der Waals surface area contributed by atoms with Crippen molar-refractivity contribution in [1.29, 1.82) is 0 Å². The van der Waals surface area contributed by atoms with Gasteiger partial charge in [-0.25, -0.2) is 0 Å². The van der Waals surface area contributed by atoms with Gasteiger partial charge in [0.25, 0.3) is 0 Å². The van der Waals surface area contributed by atoms with Gasteiger partial charge in [-0.15, -0.1) is 5.10 Å². The van der Waals surface area contributed by atoms with E-state index in [0.29, 0.717) is 19.0 Å². The van der Waals surface area contributed by atoms with E-state index in [1.54, 1.807) is 11.0 Å². The van der Waals surface area contributed by atoms with E-state index in [0.717, 1.165) is 12.5 Å². The Bertz CT molecular complexity index is 293. The number of anilines is 1. The van der Waals surface area contributed by atoms with Crippen LogP contribution >= 0.6 is 0 Å². The van der Waals surface area contributed by atoms with Gasteiger partial charge in [0, 0.05) is 6.61 Å². The molecule has 0 unspecified atom stereocenters. The van der Waals surface area contributed by atoms with E-state index >= 15 is 0 Å². The number of hydrogen-bond acceptors (Lipinski definition) is 4. The molecule has 0 radical (unpaired) electrons. The van der Waals surface area contributed by atoms with E-state index in [9.17, 15) is 0 Å². The van der Waals surface area contributed by atoms with Gasteiger partial charge in [-0.2, -0.15) is 9.90 Å². The zero-order chi connectivity index (χ0) is 10.5. The highest BCUT2D eigenvalue weighted by Gasteiger charge is 2.14. The van der Waals surface area contributed by atoms with E-state index in [1.807, 2.05) is 0 Å². The van der Waals surface area contributed by atoms with Crippen molar-refractivity contribution in [3.05, 3.63) is 6.20 Å². The van der Waals surface area contributed by atoms with E-state index in [2.05, 4.69) is 10.2 Å². The summed E-state index contributed by atoms with van der Waals surface area (Å²) in [5.74, 6) is 1.24. The molecule has 2 N–H and O–H groups in total. The fourth-order valence-corrected chi connectivity index (χ4v) is 1.99. The van der Waals surface area contributed by atoms with Gasteiger partial charge >= 0.3 is 0 Å². The Kier molecular flexibility index (Phi) is 3.55. The maximum Gasteiger partial charge on any atom is 0.165 e. The van der Waals surface area contributed by atoms with Gasteiger partial charge in [0.05, 0.1) is 19.3 Å². The minimum absolute atomic E-state index is 0.464. The van der Waals surface area contributed by atoms with Gasteiger partial charge in [-0.05, 0) is 18.8 Å². The monoisotopic (exact) mass is 210 g/mol. The number of ether oxygens (including phenoxy) is 1. The fraction of sp³-hybridized carbons (Fsp3) is 0.800. The summed E-state index contributed by atoms with van der Waals surface area (Å²) in [6.45, 7) is 2.24. The lowest BCUT2D eigenvalue weighted by atomic mass is 10.1. The SMILES string of the molecule is Nc1cnn(CCOCC2CCCC2)n1. The summed E-state index contributed by atoms with van der Waals surface area (Å²) in [7, 11) is 0. The summed E-state index contributed by atoms with van der Waals surface area (Å²) in [5, 5.41) is 7.97. The molecule has 5 nitrogen and oxygen atoms in total. The Labute approximate surface area is 89.6 Å². The van der Waals surface area contributed by atoms with E-state index < -0.39 is 0 Å². The van der Waals surface area contributed by atoms with Gasteiger partial charge in [-0.3, -0.25) is 0 Å². The van der Waals surface area contributed by atoms with Crippen LogP contribution in [0.25, 0.3) is 0 Å². The van der Waals surface area contributed by atoms with Crippen molar-refractivity contribution in [2.45, 2.75) is 32.2 Å². The Morgan fingerprint density at radius 2 is 2.27 bits per heavy atom. The molecule has 1 aromatic heterocycles. The van der Waals surface area contributed by atoms with Crippen molar-refractivity contribution in [3.8, 4) is 0 Å². The standard InChI is InChI=1S/C10H18N4O/c11-10-7-12-14(13-10)5-6-15-8-9-3-1-2-4-9/h7,9H,1-6,8H2,(H2,11,13). The summed E-state index contributed by atoms with van der Waals surface area (Å²) >= 11 is 0. The Hall–Kier alpha value is -1.10. The van der Waals surface area contributed by atoms with Gasteiger partial charge < -0.3 is 10.5 Å². The highest BCUT2D eigenvalue weighted by molar-refractivity contribution is 5.19. The van der Waals surface area contributed by atoms with Crippen molar-refractivity contribution in [1.82, 2.24) is 15.0 Å². The van der Waals surface area contributed by atoms with Crippen LogP contribution in [-0.4, -0.2) is 28.2 Å². The highest BCUT2D eigenvalue weighted by atomic mass is 16.5. The van der Waals surface area contributed by atoms with E-state index in [1.165, 1.54) is 25.7 Å². The first-order valence-electron chi connectivity index (χ1n) is 5.58. The van der Waals surface area contributed by atoms with Gasteiger partial charge in [0.15, 0.2) is 5.82 Å². The highest BCUT2D eigenvalue weighted by Crippen LogP contribution is 2.24. The van der Waals surface area contributed by atoms with Crippen LogP contribution in [0.15, 0.2) is 6.20 Å². The molecular formula is C10H18N4O.